The molecule has 0 amide bonds. The Bertz CT molecular complexity index is 590. The van der Waals surface area contributed by atoms with Gasteiger partial charge in [0, 0.05) is 11.9 Å². The Morgan fingerprint density at radius 1 is 1.47 bits per heavy atom. The first-order chi connectivity index (χ1) is 8.33. The van der Waals surface area contributed by atoms with Crippen LogP contribution in [0.1, 0.15) is 6.42 Å². The predicted octanol–water partition coefficient (Wildman–Crippen LogP) is 1.58. The Morgan fingerprint density at radius 2 is 2.41 bits per heavy atom. The van der Waals surface area contributed by atoms with Crippen LogP contribution in [0.2, 0.25) is 0 Å². The van der Waals surface area contributed by atoms with Crippen LogP contribution in [0.15, 0.2) is 35.3 Å². The fourth-order valence-corrected chi connectivity index (χ4v) is 2.96. The molecule has 1 aliphatic heterocycles. The van der Waals surface area contributed by atoms with E-state index in [1.807, 2.05) is 23.9 Å². The molecule has 2 aromatic rings. The molecule has 0 aliphatic carbocycles. The quantitative estimate of drug-likeness (QED) is 0.809. The summed E-state index contributed by atoms with van der Waals surface area (Å²) >= 11 is 1.87. The van der Waals surface area contributed by atoms with E-state index in [0.717, 1.165) is 17.9 Å². The average molecular weight is 248 g/mol. The molecule has 17 heavy (non-hydrogen) atoms. The van der Waals surface area contributed by atoms with E-state index in [1.54, 1.807) is 12.3 Å². The van der Waals surface area contributed by atoms with Gasteiger partial charge in [0.15, 0.2) is 0 Å². The van der Waals surface area contributed by atoms with Crippen molar-refractivity contribution in [3.05, 3.63) is 40.8 Å². The number of thioether (sulfide) groups is 1. The van der Waals surface area contributed by atoms with E-state index < -0.39 is 0 Å². The van der Waals surface area contributed by atoms with Crippen LogP contribution in [0.5, 0.6) is 5.88 Å². The first kappa shape index (κ1) is 10.7. The molecule has 0 saturated carbocycles. The second kappa shape index (κ2) is 4.41. The molecule has 1 unspecified atom stereocenters. The van der Waals surface area contributed by atoms with Gasteiger partial charge in [0.2, 0.25) is 5.88 Å². The molecule has 0 radical (unpaired) electrons. The molecular formula is C12H12N2O2S. The Kier molecular flexibility index (Phi) is 2.76. The molecule has 2 aromatic heterocycles. The number of hydrogen-bond donors (Lipinski definition) is 0. The van der Waals surface area contributed by atoms with Gasteiger partial charge in [-0.3, -0.25) is 9.20 Å². The van der Waals surface area contributed by atoms with Gasteiger partial charge in [0.1, 0.15) is 11.8 Å². The maximum absolute atomic E-state index is 11.8. The summed E-state index contributed by atoms with van der Waals surface area (Å²) in [5.74, 6) is 2.54. The summed E-state index contributed by atoms with van der Waals surface area (Å²) in [5, 5.41) is 0. The molecule has 88 valence electrons. The minimum atomic E-state index is -0.101. The largest absolute Gasteiger partial charge is 0.473 e. The molecule has 4 nitrogen and oxygen atoms in total. The zero-order valence-corrected chi connectivity index (χ0v) is 10.0. The fourth-order valence-electron chi connectivity index (χ4n) is 1.87. The third kappa shape index (κ3) is 2.15. The lowest BCUT2D eigenvalue weighted by atomic mass is 10.3. The summed E-state index contributed by atoms with van der Waals surface area (Å²) in [6.45, 7) is 0. The second-order valence-corrected chi connectivity index (χ2v) is 5.11. The number of nitrogens with zero attached hydrogens (tertiary/aromatic N) is 2. The molecule has 0 spiro atoms. The van der Waals surface area contributed by atoms with E-state index in [9.17, 15) is 4.79 Å². The maximum atomic E-state index is 11.8. The van der Waals surface area contributed by atoms with Crippen molar-refractivity contribution in [1.29, 1.82) is 0 Å². The molecule has 3 heterocycles. The Morgan fingerprint density at radius 3 is 3.24 bits per heavy atom. The number of pyridine rings is 1. The maximum Gasteiger partial charge on any atom is 0.261 e. The van der Waals surface area contributed by atoms with Gasteiger partial charge in [-0.1, -0.05) is 6.07 Å². The topological polar surface area (TPSA) is 43.6 Å². The monoisotopic (exact) mass is 248 g/mol. The molecule has 1 atom stereocenters. The summed E-state index contributed by atoms with van der Waals surface area (Å²) in [7, 11) is 0. The zero-order valence-electron chi connectivity index (χ0n) is 9.20. The van der Waals surface area contributed by atoms with Crippen molar-refractivity contribution in [2.24, 2.45) is 0 Å². The van der Waals surface area contributed by atoms with Crippen LogP contribution in [0.4, 0.5) is 0 Å². The lowest BCUT2D eigenvalue weighted by molar-refractivity contribution is 0.220. The molecule has 1 saturated heterocycles. The van der Waals surface area contributed by atoms with Crippen LogP contribution >= 0.6 is 11.8 Å². The smallest absolute Gasteiger partial charge is 0.261 e. The van der Waals surface area contributed by atoms with E-state index in [-0.39, 0.29) is 11.7 Å². The first-order valence-electron chi connectivity index (χ1n) is 5.56. The number of aromatic nitrogens is 2. The minimum Gasteiger partial charge on any atom is -0.473 e. The fraction of sp³-hybridized carbons (Fsp3) is 0.333. The van der Waals surface area contributed by atoms with Crippen molar-refractivity contribution >= 4 is 17.4 Å². The normalized spacial score (nSPS) is 19.6. The van der Waals surface area contributed by atoms with Gasteiger partial charge in [0.05, 0.1) is 6.07 Å². The van der Waals surface area contributed by atoms with Crippen LogP contribution in [0.25, 0.3) is 5.65 Å². The van der Waals surface area contributed by atoms with Gasteiger partial charge in [-0.05, 0) is 24.3 Å². The number of hydrogen-bond acceptors (Lipinski definition) is 4. The van der Waals surface area contributed by atoms with E-state index in [4.69, 9.17) is 4.74 Å². The summed E-state index contributed by atoms with van der Waals surface area (Å²) in [6.07, 6.45) is 2.93. The number of rotatable bonds is 2. The number of fused-ring (bicyclic) bond motifs is 1. The van der Waals surface area contributed by atoms with Crippen molar-refractivity contribution in [2.45, 2.75) is 12.5 Å². The minimum absolute atomic E-state index is 0.101. The number of ether oxygens (including phenoxy) is 1. The van der Waals surface area contributed by atoms with Crippen LogP contribution < -0.4 is 10.3 Å². The summed E-state index contributed by atoms with van der Waals surface area (Å²) in [4.78, 5) is 16.1. The van der Waals surface area contributed by atoms with Gasteiger partial charge in [0.25, 0.3) is 5.56 Å². The van der Waals surface area contributed by atoms with Crippen molar-refractivity contribution < 1.29 is 4.74 Å². The van der Waals surface area contributed by atoms with Gasteiger partial charge < -0.3 is 4.74 Å². The van der Waals surface area contributed by atoms with E-state index >= 15 is 0 Å². The van der Waals surface area contributed by atoms with Crippen LogP contribution in [-0.4, -0.2) is 27.0 Å². The van der Waals surface area contributed by atoms with Crippen LogP contribution in [0, 0.1) is 0 Å². The van der Waals surface area contributed by atoms with Crippen LogP contribution in [-0.2, 0) is 0 Å². The van der Waals surface area contributed by atoms with Gasteiger partial charge in [-0.25, -0.2) is 0 Å². The standard InChI is InChI=1S/C12H12N2O2S/c15-12-7-11(16-9-4-6-17-8-9)13-10-3-1-2-5-14(10)12/h1-3,5,7,9H,4,6,8H2. The van der Waals surface area contributed by atoms with Gasteiger partial charge in [-0.15, -0.1) is 0 Å². The Balaban J connectivity index is 1.97. The summed E-state index contributed by atoms with van der Waals surface area (Å²) < 4.78 is 7.23. The zero-order chi connectivity index (χ0) is 11.7. The molecule has 0 bridgehead atoms. The second-order valence-electron chi connectivity index (χ2n) is 3.96. The highest BCUT2D eigenvalue weighted by atomic mass is 32.2. The highest BCUT2D eigenvalue weighted by molar-refractivity contribution is 7.99. The highest BCUT2D eigenvalue weighted by Gasteiger charge is 2.18. The molecule has 0 aromatic carbocycles. The van der Waals surface area contributed by atoms with Crippen molar-refractivity contribution in [1.82, 2.24) is 9.38 Å². The third-order valence-electron chi connectivity index (χ3n) is 2.72. The summed E-state index contributed by atoms with van der Waals surface area (Å²) in [5.41, 5.74) is 0.525. The lowest BCUT2D eigenvalue weighted by Crippen LogP contribution is -2.19. The van der Waals surface area contributed by atoms with Gasteiger partial charge in [-0.2, -0.15) is 16.7 Å². The lowest BCUT2D eigenvalue weighted by Gasteiger charge is -2.11. The molecule has 1 fully saturated rings. The first-order valence-corrected chi connectivity index (χ1v) is 6.71. The van der Waals surface area contributed by atoms with E-state index in [2.05, 4.69) is 4.98 Å². The average Bonchev–Trinajstić information content (AvgIpc) is 2.82. The van der Waals surface area contributed by atoms with Crippen LogP contribution in [0.3, 0.4) is 0 Å². The van der Waals surface area contributed by atoms with Crippen molar-refractivity contribution in [2.75, 3.05) is 11.5 Å². The SMILES string of the molecule is O=c1cc(OC2CCSC2)nc2ccccn12. The van der Waals surface area contributed by atoms with E-state index in [0.29, 0.717) is 11.5 Å². The van der Waals surface area contributed by atoms with Gasteiger partial charge >= 0.3 is 0 Å². The Labute approximate surface area is 103 Å². The Hall–Kier alpha value is -1.49. The predicted molar refractivity (Wildman–Crippen MR) is 67.8 cm³/mol. The highest BCUT2D eigenvalue weighted by Crippen LogP contribution is 2.21. The molecular weight excluding hydrogens is 236 g/mol. The molecule has 1 aliphatic rings. The van der Waals surface area contributed by atoms with E-state index in [1.165, 1.54) is 10.5 Å². The summed E-state index contributed by atoms with van der Waals surface area (Å²) in [6, 6.07) is 6.93. The molecule has 0 N–H and O–H groups in total. The van der Waals surface area contributed by atoms with Crippen molar-refractivity contribution in [3.8, 4) is 5.88 Å². The third-order valence-corrected chi connectivity index (χ3v) is 3.85. The van der Waals surface area contributed by atoms with Crippen molar-refractivity contribution in [3.63, 3.8) is 0 Å². The molecule has 5 heteroatoms. The molecule has 3 rings (SSSR count).